The van der Waals surface area contributed by atoms with Crippen LogP contribution in [0.1, 0.15) is 36.4 Å². The van der Waals surface area contributed by atoms with Gasteiger partial charge in [-0.2, -0.15) is 0 Å². The van der Waals surface area contributed by atoms with Crippen LogP contribution >= 0.6 is 11.3 Å². The molecule has 0 aliphatic carbocycles. The van der Waals surface area contributed by atoms with Crippen LogP contribution in [0, 0.1) is 11.8 Å². The highest BCUT2D eigenvalue weighted by Crippen LogP contribution is 2.18. The van der Waals surface area contributed by atoms with Crippen LogP contribution < -0.4 is 5.73 Å². The second kappa shape index (κ2) is 7.50. The minimum Gasteiger partial charge on any atom is -0.320 e. The van der Waals surface area contributed by atoms with E-state index in [1.54, 1.807) is 11.3 Å². The lowest BCUT2D eigenvalue weighted by molar-refractivity contribution is 0.239. The van der Waals surface area contributed by atoms with Crippen molar-refractivity contribution in [1.82, 2.24) is 4.90 Å². The average molecular weight is 250 g/mol. The van der Waals surface area contributed by atoms with E-state index >= 15 is 0 Å². The molecule has 0 aliphatic heterocycles. The first kappa shape index (κ1) is 14.2. The lowest BCUT2D eigenvalue weighted by atomic mass is 10.2. The molecule has 17 heavy (non-hydrogen) atoms. The fourth-order valence-electron chi connectivity index (χ4n) is 1.71. The van der Waals surface area contributed by atoms with Crippen molar-refractivity contribution in [3.8, 4) is 11.8 Å². The van der Waals surface area contributed by atoms with Crippen molar-refractivity contribution in [3.63, 3.8) is 0 Å². The number of thiophene rings is 1. The smallest absolute Gasteiger partial charge is 0.0772 e. The highest BCUT2D eigenvalue weighted by molar-refractivity contribution is 7.12. The summed E-state index contributed by atoms with van der Waals surface area (Å²) >= 11 is 1.77. The third kappa shape index (κ3) is 4.91. The Balaban J connectivity index is 2.54. The first-order valence-electron chi connectivity index (χ1n) is 6.15. The van der Waals surface area contributed by atoms with Crippen molar-refractivity contribution < 1.29 is 0 Å². The van der Waals surface area contributed by atoms with Crippen LogP contribution in [0.5, 0.6) is 0 Å². The predicted octanol–water partition coefficient (Wildman–Crippen LogP) is 2.68. The molecule has 0 saturated carbocycles. The van der Waals surface area contributed by atoms with Gasteiger partial charge >= 0.3 is 0 Å². The third-order valence-electron chi connectivity index (χ3n) is 2.84. The van der Waals surface area contributed by atoms with Gasteiger partial charge in [0, 0.05) is 17.5 Å². The van der Waals surface area contributed by atoms with Crippen LogP contribution in [-0.2, 0) is 6.54 Å². The molecule has 0 aromatic carbocycles. The van der Waals surface area contributed by atoms with Crippen LogP contribution in [-0.4, -0.2) is 24.5 Å². The second-order valence-corrected chi connectivity index (χ2v) is 5.49. The minimum absolute atomic E-state index is 0.431. The molecule has 0 fully saturated rings. The Labute approximate surface area is 109 Å². The molecular formula is C14H22N2S. The van der Waals surface area contributed by atoms with Crippen LogP contribution in [0.4, 0.5) is 0 Å². The third-order valence-corrected chi connectivity index (χ3v) is 3.82. The molecule has 1 atom stereocenters. The molecular weight excluding hydrogens is 228 g/mol. The number of hydrogen-bond acceptors (Lipinski definition) is 3. The molecule has 0 aliphatic rings. The van der Waals surface area contributed by atoms with Crippen molar-refractivity contribution in [2.75, 3.05) is 13.6 Å². The number of rotatable bonds is 5. The Morgan fingerprint density at radius 2 is 2.24 bits per heavy atom. The monoisotopic (exact) mass is 250 g/mol. The zero-order valence-corrected chi connectivity index (χ0v) is 11.8. The first-order valence-corrected chi connectivity index (χ1v) is 6.97. The standard InChI is InChI=1S/C14H22N2S/c1-4-6-12(2)16(3)11-14-9-8-13(17-14)7-5-10-15/h8-9,12H,4,6,10-11,15H2,1-3H3. The topological polar surface area (TPSA) is 29.3 Å². The lowest BCUT2D eigenvalue weighted by Gasteiger charge is -2.23. The molecule has 2 N–H and O–H groups in total. The summed E-state index contributed by atoms with van der Waals surface area (Å²) in [6, 6.07) is 4.89. The highest BCUT2D eigenvalue weighted by atomic mass is 32.1. The van der Waals surface area contributed by atoms with Crippen molar-refractivity contribution in [1.29, 1.82) is 0 Å². The van der Waals surface area contributed by atoms with Gasteiger partial charge in [-0.3, -0.25) is 4.90 Å². The molecule has 0 bridgehead atoms. The summed E-state index contributed by atoms with van der Waals surface area (Å²) in [5, 5.41) is 0. The number of hydrogen-bond donors (Lipinski definition) is 1. The first-order chi connectivity index (χ1) is 8.17. The number of nitrogens with zero attached hydrogens (tertiary/aromatic N) is 1. The van der Waals surface area contributed by atoms with E-state index in [9.17, 15) is 0 Å². The quantitative estimate of drug-likeness (QED) is 0.814. The maximum atomic E-state index is 5.36. The lowest BCUT2D eigenvalue weighted by Crippen LogP contribution is -2.27. The zero-order valence-electron chi connectivity index (χ0n) is 11.0. The SMILES string of the molecule is CCCC(C)N(C)Cc1ccc(C#CCN)s1. The van der Waals surface area contributed by atoms with Crippen LogP contribution in [0.15, 0.2) is 12.1 Å². The summed E-state index contributed by atoms with van der Waals surface area (Å²) < 4.78 is 0. The van der Waals surface area contributed by atoms with Gasteiger partial charge in [0.2, 0.25) is 0 Å². The molecule has 0 radical (unpaired) electrons. The van der Waals surface area contributed by atoms with E-state index in [1.165, 1.54) is 17.7 Å². The summed E-state index contributed by atoms with van der Waals surface area (Å²) in [6.45, 7) is 5.96. The van der Waals surface area contributed by atoms with Gasteiger partial charge in [-0.25, -0.2) is 0 Å². The van der Waals surface area contributed by atoms with Crippen molar-refractivity contribution in [3.05, 3.63) is 21.9 Å². The second-order valence-electron chi connectivity index (χ2n) is 4.32. The van der Waals surface area contributed by atoms with Gasteiger partial charge in [0.25, 0.3) is 0 Å². The highest BCUT2D eigenvalue weighted by Gasteiger charge is 2.09. The van der Waals surface area contributed by atoms with Gasteiger partial charge in [-0.1, -0.05) is 25.2 Å². The number of nitrogens with two attached hydrogens (primary N) is 1. The fraction of sp³-hybridized carbons (Fsp3) is 0.571. The van der Waals surface area contributed by atoms with Gasteiger partial charge in [0.1, 0.15) is 0 Å². The molecule has 0 spiro atoms. The molecule has 1 heterocycles. The summed E-state index contributed by atoms with van der Waals surface area (Å²) in [5.74, 6) is 5.97. The maximum absolute atomic E-state index is 5.36. The van der Waals surface area contributed by atoms with Crippen molar-refractivity contribution >= 4 is 11.3 Å². The molecule has 0 saturated heterocycles. The van der Waals surface area contributed by atoms with Gasteiger partial charge in [-0.05, 0) is 32.5 Å². The molecule has 1 aromatic rings. The Hall–Kier alpha value is -0.820. The fourth-order valence-corrected chi connectivity index (χ4v) is 2.65. The molecule has 1 rings (SSSR count). The maximum Gasteiger partial charge on any atom is 0.0772 e. The largest absolute Gasteiger partial charge is 0.320 e. The molecule has 3 heteroatoms. The Morgan fingerprint density at radius 3 is 2.88 bits per heavy atom. The van der Waals surface area contributed by atoms with E-state index in [1.807, 2.05) is 0 Å². The Morgan fingerprint density at radius 1 is 1.47 bits per heavy atom. The van der Waals surface area contributed by atoms with E-state index in [0.29, 0.717) is 12.6 Å². The molecule has 94 valence electrons. The van der Waals surface area contributed by atoms with E-state index in [0.717, 1.165) is 11.4 Å². The summed E-state index contributed by atoms with van der Waals surface area (Å²) in [5.41, 5.74) is 5.36. The average Bonchev–Trinajstić information content (AvgIpc) is 2.74. The van der Waals surface area contributed by atoms with Gasteiger partial charge in [0.15, 0.2) is 0 Å². The van der Waals surface area contributed by atoms with Crippen LogP contribution in [0.25, 0.3) is 0 Å². The van der Waals surface area contributed by atoms with Gasteiger partial charge in [-0.15, -0.1) is 11.3 Å². The Kier molecular flexibility index (Phi) is 6.28. The van der Waals surface area contributed by atoms with E-state index in [2.05, 4.69) is 49.8 Å². The van der Waals surface area contributed by atoms with Crippen molar-refractivity contribution in [2.45, 2.75) is 39.3 Å². The van der Waals surface area contributed by atoms with Crippen LogP contribution in [0.3, 0.4) is 0 Å². The van der Waals surface area contributed by atoms with Crippen LogP contribution in [0.2, 0.25) is 0 Å². The van der Waals surface area contributed by atoms with Gasteiger partial charge < -0.3 is 5.73 Å². The van der Waals surface area contributed by atoms with Crippen molar-refractivity contribution in [2.24, 2.45) is 5.73 Å². The van der Waals surface area contributed by atoms with E-state index in [-0.39, 0.29) is 0 Å². The molecule has 0 amide bonds. The van der Waals surface area contributed by atoms with Gasteiger partial charge in [0.05, 0.1) is 11.4 Å². The molecule has 1 aromatic heterocycles. The zero-order chi connectivity index (χ0) is 12.7. The van der Waals surface area contributed by atoms with E-state index in [4.69, 9.17) is 5.73 Å². The Bertz CT molecular complexity index is 386. The molecule has 2 nitrogen and oxygen atoms in total. The summed E-state index contributed by atoms with van der Waals surface area (Å²) in [7, 11) is 2.19. The predicted molar refractivity (Wildman–Crippen MR) is 76.1 cm³/mol. The normalized spacial score (nSPS) is 12.3. The minimum atomic E-state index is 0.431. The van der Waals surface area contributed by atoms with E-state index < -0.39 is 0 Å². The molecule has 1 unspecified atom stereocenters. The summed E-state index contributed by atoms with van der Waals surface area (Å²) in [4.78, 5) is 4.88. The summed E-state index contributed by atoms with van der Waals surface area (Å²) in [6.07, 6.45) is 2.49.